The molecule has 24 heavy (non-hydrogen) atoms. The van der Waals surface area contributed by atoms with Crippen molar-refractivity contribution in [1.29, 1.82) is 0 Å². The molecular weight excluding hydrogens is 319 g/mol. The van der Waals surface area contributed by atoms with Crippen molar-refractivity contribution in [2.24, 2.45) is 0 Å². The second kappa shape index (κ2) is 8.98. The Kier molecular flexibility index (Phi) is 7.62. The molecule has 1 aromatic carbocycles. The Morgan fingerprint density at radius 2 is 1.75 bits per heavy atom. The first-order chi connectivity index (χ1) is 11.1. The molecule has 4 nitrogen and oxygen atoms in total. The van der Waals surface area contributed by atoms with E-state index in [2.05, 4.69) is 32.1 Å². The van der Waals surface area contributed by atoms with E-state index in [1.54, 1.807) is 13.8 Å². The van der Waals surface area contributed by atoms with Gasteiger partial charge in [-0.25, -0.2) is 0 Å². The Balaban J connectivity index is 2.69. The van der Waals surface area contributed by atoms with Gasteiger partial charge in [-0.2, -0.15) is 0 Å². The van der Waals surface area contributed by atoms with E-state index in [1.807, 2.05) is 29.2 Å². The van der Waals surface area contributed by atoms with Crippen LogP contribution in [-0.4, -0.2) is 48.9 Å². The number of nitrogens with zero attached hydrogens (tertiary/aromatic N) is 1. The number of benzene rings is 1. The Hall–Kier alpha value is -1.67. The van der Waals surface area contributed by atoms with Crippen LogP contribution in [0.25, 0.3) is 0 Å². The monoisotopic (exact) mass is 350 g/mol. The van der Waals surface area contributed by atoms with Gasteiger partial charge in [0.1, 0.15) is 0 Å². The summed E-state index contributed by atoms with van der Waals surface area (Å²) in [5, 5.41) is 2.78. The summed E-state index contributed by atoms with van der Waals surface area (Å²) in [6.07, 6.45) is 2.35. The van der Waals surface area contributed by atoms with Gasteiger partial charge in [0.05, 0.1) is 0 Å². The molecule has 0 heterocycles. The average Bonchev–Trinajstić information content (AvgIpc) is 2.52. The minimum atomic E-state index is -1.19. The van der Waals surface area contributed by atoms with Gasteiger partial charge in [0.15, 0.2) is 0 Å². The van der Waals surface area contributed by atoms with E-state index >= 15 is 0 Å². The van der Waals surface area contributed by atoms with E-state index in [9.17, 15) is 9.59 Å². The fourth-order valence-electron chi connectivity index (χ4n) is 2.11. The van der Waals surface area contributed by atoms with Gasteiger partial charge < -0.3 is 0 Å². The van der Waals surface area contributed by atoms with E-state index < -0.39 is 7.26 Å². The van der Waals surface area contributed by atoms with Crippen molar-refractivity contribution >= 4 is 24.8 Å². The van der Waals surface area contributed by atoms with E-state index in [1.165, 1.54) is 6.16 Å². The molecule has 5 heteroatoms. The number of carbonyl (C=O) groups excluding carboxylic acids is 2. The Morgan fingerprint density at radius 1 is 1.17 bits per heavy atom. The third-order valence-corrected chi connectivity index (χ3v) is 7.93. The molecule has 0 atom stereocenters. The average molecular weight is 350 g/mol. The van der Waals surface area contributed by atoms with Crippen molar-refractivity contribution in [2.75, 3.05) is 37.5 Å². The van der Waals surface area contributed by atoms with Gasteiger partial charge in [-0.3, -0.25) is 0 Å². The van der Waals surface area contributed by atoms with E-state index in [-0.39, 0.29) is 11.8 Å². The zero-order valence-corrected chi connectivity index (χ0v) is 16.6. The zero-order chi connectivity index (χ0) is 18.3. The molecule has 0 aliphatic carbocycles. The van der Waals surface area contributed by atoms with Gasteiger partial charge in [-0.1, -0.05) is 0 Å². The van der Waals surface area contributed by atoms with Crippen LogP contribution in [0.3, 0.4) is 0 Å². The van der Waals surface area contributed by atoms with Crippen LogP contribution in [0.2, 0.25) is 0 Å². The summed E-state index contributed by atoms with van der Waals surface area (Å²) < 4.78 is 0. The number of carbonyl (C=O) groups is 2. The molecule has 0 saturated carbocycles. The van der Waals surface area contributed by atoms with Gasteiger partial charge >= 0.3 is 146 Å². The zero-order valence-electron chi connectivity index (χ0n) is 15.6. The number of amides is 2. The minimum absolute atomic E-state index is 0.107. The first kappa shape index (κ1) is 20.4. The fraction of sp³-hybridized carbons (Fsp3) is 0.474. The molecule has 0 radical (unpaired) electrons. The molecule has 0 saturated heterocycles. The normalized spacial score (nSPS) is 11.7. The third kappa shape index (κ3) is 6.84. The number of hydrogen-bond donors (Lipinski definition) is 1. The van der Waals surface area contributed by atoms with Crippen LogP contribution in [0.1, 0.15) is 26.3 Å². The SMILES string of the molecule is C=C(C)C(=O)Nc1ccc(CN(CC[PH](C)(C)CC)C(C)=O)cc1. The van der Waals surface area contributed by atoms with Crippen molar-refractivity contribution in [1.82, 2.24) is 4.90 Å². The third-order valence-electron chi connectivity index (χ3n) is 4.43. The predicted octanol–water partition coefficient (Wildman–Crippen LogP) is 3.58. The molecule has 0 spiro atoms. The van der Waals surface area contributed by atoms with Gasteiger partial charge in [-0.05, 0) is 0 Å². The van der Waals surface area contributed by atoms with E-state index in [0.717, 1.165) is 24.0 Å². The van der Waals surface area contributed by atoms with Crippen LogP contribution in [0.5, 0.6) is 0 Å². The summed E-state index contributed by atoms with van der Waals surface area (Å²) in [4.78, 5) is 25.4. The van der Waals surface area contributed by atoms with Crippen LogP contribution >= 0.6 is 7.26 Å². The van der Waals surface area contributed by atoms with Gasteiger partial charge in [-0.15, -0.1) is 0 Å². The second-order valence-corrected chi connectivity index (χ2v) is 12.7. The molecule has 1 rings (SSSR count). The summed E-state index contributed by atoms with van der Waals surface area (Å²) in [6, 6.07) is 7.62. The van der Waals surface area contributed by atoms with Crippen LogP contribution in [0.4, 0.5) is 5.69 Å². The standard InChI is InChI=1S/C19H31N2O2P/c1-7-24(5,6)13-12-21(16(4)22)14-17-8-10-18(11-9-17)20-19(23)15(2)3/h8-11,24H,2,7,12-14H2,1,3-6H3,(H,20,23). The summed E-state index contributed by atoms with van der Waals surface area (Å²) in [5.74, 6) is -0.0737. The van der Waals surface area contributed by atoms with Crippen LogP contribution in [0, 0.1) is 0 Å². The molecule has 2 amide bonds. The first-order valence-electron chi connectivity index (χ1n) is 8.46. The molecule has 1 aromatic rings. The van der Waals surface area contributed by atoms with Crippen molar-refractivity contribution < 1.29 is 9.59 Å². The Bertz CT molecular complexity index is 594. The van der Waals surface area contributed by atoms with Crippen molar-refractivity contribution in [2.45, 2.75) is 27.3 Å². The van der Waals surface area contributed by atoms with Crippen LogP contribution < -0.4 is 5.32 Å². The second-order valence-electron chi connectivity index (χ2n) is 7.14. The summed E-state index contributed by atoms with van der Waals surface area (Å²) in [7, 11) is -1.19. The number of hydrogen-bond acceptors (Lipinski definition) is 2. The van der Waals surface area contributed by atoms with Gasteiger partial charge in [0.2, 0.25) is 0 Å². The summed E-state index contributed by atoms with van der Waals surface area (Å²) in [6.45, 7) is 15.3. The van der Waals surface area contributed by atoms with Crippen molar-refractivity contribution in [3.05, 3.63) is 42.0 Å². The first-order valence-corrected chi connectivity index (χ1v) is 11.9. The van der Waals surface area contributed by atoms with Gasteiger partial charge in [0, 0.05) is 0 Å². The van der Waals surface area contributed by atoms with E-state index in [4.69, 9.17) is 0 Å². The van der Waals surface area contributed by atoms with Crippen LogP contribution in [0.15, 0.2) is 36.4 Å². The molecular formula is C19H31N2O2P. The maximum atomic E-state index is 11.9. The molecule has 0 aliphatic heterocycles. The maximum absolute atomic E-state index is 11.9. The van der Waals surface area contributed by atoms with Crippen molar-refractivity contribution in [3.8, 4) is 0 Å². The summed E-state index contributed by atoms with van der Waals surface area (Å²) >= 11 is 0. The van der Waals surface area contributed by atoms with Crippen LogP contribution in [-0.2, 0) is 16.1 Å². The summed E-state index contributed by atoms with van der Waals surface area (Å²) in [5.41, 5.74) is 2.28. The Labute approximate surface area is 146 Å². The quantitative estimate of drug-likeness (QED) is 0.575. The fourth-order valence-corrected chi connectivity index (χ4v) is 3.34. The molecule has 0 fully saturated rings. The molecule has 134 valence electrons. The Morgan fingerprint density at radius 3 is 2.21 bits per heavy atom. The molecule has 0 unspecified atom stereocenters. The number of rotatable bonds is 8. The number of nitrogens with one attached hydrogen (secondary N) is 1. The molecule has 0 aliphatic rings. The van der Waals surface area contributed by atoms with E-state index in [0.29, 0.717) is 12.1 Å². The number of anilines is 1. The van der Waals surface area contributed by atoms with Gasteiger partial charge in [0.25, 0.3) is 0 Å². The predicted molar refractivity (Wildman–Crippen MR) is 107 cm³/mol. The molecule has 0 aromatic heterocycles. The molecule has 1 N–H and O–H groups in total. The van der Waals surface area contributed by atoms with Crippen molar-refractivity contribution in [3.63, 3.8) is 0 Å². The molecule has 0 bridgehead atoms. The topological polar surface area (TPSA) is 49.4 Å².